The van der Waals surface area contributed by atoms with Gasteiger partial charge in [-0.15, -0.1) is 11.8 Å². The van der Waals surface area contributed by atoms with E-state index >= 15 is 0 Å². The molecule has 0 aromatic heterocycles. The topological polar surface area (TPSA) is 46.6 Å². The van der Waals surface area contributed by atoms with E-state index in [4.69, 9.17) is 4.74 Å². The van der Waals surface area contributed by atoms with Crippen molar-refractivity contribution >= 4 is 23.6 Å². The van der Waals surface area contributed by atoms with Gasteiger partial charge in [-0.2, -0.15) is 0 Å². The fourth-order valence-corrected chi connectivity index (χ4v) is 2.81. The molecule has 4 nitrogen and oxygen atoms in total. The van der Waals surface area contributed by atoms with E-state index in [1.807, 2.05) is 27.7 Å². The molecule has 98 valence electrons. The van der Waals surface area contributed by atoms with Gasteiger partial charge in [-0.1, -0.05) is 6.92 Å². The highest BCUT2D eigenvalue weighted by atomic mass is 32.2. The molecule has 1 unspecified atom stereocenters. The summed E-state index contributed by atoms with van der Waals surface area (Å²) in [5.41, 5.74) is -0.480. The minimum atomic E-state index is -0.480. The van der Waals surface area contributed by atoms with Crippen LogP contribution in [0.15, 0.2) is 0 Å². The maximum absolute atomic E-state index is 11.9. The van der Waals surface area contributed by atoms with Crippen LogP contribution >= 0.6 is 11.8 Å². The molecule has 1 aliphatic heterocycles. The third-order valence-electron chi connectivity index (χ3n) is 2.43. The zero-order valence-corrected chi connectivity index (χ0v) is 11.8. The summed E-state index contributed by atoms with van der Waals surface area (Å²) in [4.78, 5) is 25.1. The predicted molar refractivity (Wildman–Crippen MR) is 69.4 cm³/mol. The van der Waals surface area contributed by atoms with Crippen LogP contribution in [0.3, 0.4) is 0 Å². The maximum atomic E-state index is 11.9. The summed E-state index contributed by atoms with van der Waals surface area (Å²) in [6.07, 6.45) is 0.214. The number of hydrogen-bond acceptors (Lipinski definition) is 4. The van der Waals surface area contributed by atoms with E-state index in [9.17, 15) is 9.59 Å². The minimum Gasteiger partial charge on any atom is -0.444 e. The standard InChI is InChI=1S/C12H21NO3S/c1-5-9(14)10-8-13(6-7-17-10)11(15)16-12(2,3)4/h10H,5-8H2,1-4H3. The summed E-state index contributed by atoms with van der Waals surface area (Å²) in [6, 6.07) is 0. The third kappa shape index (κ3) is 4.58. The molecule has 1 aliphatic rings. The number of Topliss-reactive ketones (excluding diaryl/α,β-unsaturated/α-hetero) is 1. The molecule has 0 aliphatic carbocycles. The Morgan fingerprint density at radius 3 is 2.59 bits per heavy atom. The summed E-state index contributed by atoms with van der Waals surface area (Å²) >= 11 is 1.64. The number of hydrogen-bond donors (Lipinski definition) is 0. The van der Waals surface area contributed by atoms with Crippen molar-refractivity contribution in [2.75, 3.05) is 18.8 Å². The van der Waals surface area contributed by atoms with E-state index < -0.39 is 5.60 Å². The first kappa shape index (κ1) is 14.4. The van der Waals surface area contributed by atoms with Gasteiger partial charge in [0.1, 0.15) is 11.4 Å². The van der Waals surface area contributed by atoms with Crippen LogP contribution in [-0.4, -0.2) is 46.5 Å². The van der Waals surface area contributed by atoms with Gasteiger partial charge in [0.15, 0.2) is 0 Å². The van der Waals surface area contributed by atoms with Crippen molar-refractivity contribution in [2.45, 2.75) is 45.0 Å². The molecule has 1 saturated heterocycles. The second-order valence-corrected chi connectivity index (χ2v) is 6.42. The molecular weight excluding hydrogens is 238 g/mol. The van der Waals surface area contributed by atoms with Gasteiger partial charge in [-0.05, 0) is 20.8 Å². The van der Waals surface area contributed by atoms with Gasteiger partial charge in [0.2, 0.25) is 0 Å². The first-order valence-electron chi connectivity index (χ1n) is 5.95. The highest BCUT2D eigenvalue weighted by Gasteiger charge is 2.30. The fraction of sp³-hybridized carbons (Fsp3) is 0.833. The smallest absolute Gasteiger partial charge is 0.410 e. The number of ether oxygens (including phenoxy) is 1. The zero-order valence-electron chi connectivity index (χ0n) is 11.0. The van der Waals surface area contributed by atoms with Crippen LogP contribution in [0, 0.1) is 0 Å². The fourth-order valence-electron chi connectivity index (χ4n) is 1.56. The molecule has 0 N–H and O–H groups in total. The van der Waals surface area contributed by atoms with Crippen molar-refractivity contribution in [3.8, 4) is 0 Å². The van der Waals surface area contributed by atoms with Gasteiger partial charge in [0.05, 0.1) is 5.25 Å². The number of nitrogens with zero attached hydrogens (tertiary/aromatic N) is 1. The zero-order chi connectivity index (χ0) is 13.1. The number of thioether (sulfide) groups is 1. The SMILES string of the molecule is CCC(=O)C1CN(C(=O)OC(C)(C)C)CCS1. The Kier molecular flexibility index (Phi) is 4.86. The van der Waals surface area contributed by atoms with Gasteiger partial charge < -0.3 is 9.64 Å². The van der Waals surface area contributed by atoms with Gasteiger partial charge in [0.25, 0.3) is 0 Å². The average Bonchev–Trinajstić information content (AvgIpc) is 2.26. The first-order chi connectivity index (χ1) is 7.83. The summed E-state index contributed by atoms with van der Waals surface area (Å²) in [5, 5.41) is -0.0822. The van der Waals surface area contributed by atoms with Crippen molar-refractivity contribution in [1.29, 1.82) is 0 Å². The Morgan fingerprint density at radius 1 is 1.41 bits per heavy atom. The summed E-state index contributed by atoms with van der Waals surface area (Å²) < 4.78 is 5.31. The van der Waals surface area contributed by atoms with E-state index in [0.717, 1.165) is 5.75 Å². The van der Waals surface area contributed by atoms with E-state index in [1.54, 1.807) is 16.7 Å². The molecule has 0 saturated carbocycles. The lowest BCUT2D eigenvalue weighted by Crippen LogP contribution is -2.46. The lowest BCUT2D eigenvalue weighted by atomic mass is 10.2. The van der Waals surface area contributed by atoms with Crippen molar-refractivity contribution in [2.24, 2.45) is 0 Å². The van der Waals surface area contributed by atoms with Crippen molar-refractivity contribution in [3.05, 3.63) is 0 Å². The average molecular weight is 259 g/mol. The number of rotatable bonds is 2. The van der Waals surface area contributed by atoms with Crippen LogP contribution in [0.4, 0.5) is 4.79 Å². The lowest BCUT2D eigenvalue weighted by Gasteiger charge is -2.33. The van der Waals surface area contributed by atoms with Gasteiger partial charge in [-0.25, -0.2) is 4.79 Å². The molecule has 0 aromatic carbocycles. The van der Waals surface area contributed by atoms with Crippen LogP contribution in [0.5, 0.6) is 0 Å². The molecule has 5 heteroatoms. The van der Waals surface area contributed by atoms with Gasteiger partial charge in [0, 0.05) is 25.3 Å². The Hall–Kier alpha value is -0.710. The second-order valence-electron chi connectivity index (χ2n) is 5.11. The van der Waals surface area contributed by atoms with E-state index in [1.165, 1.54) is 0 Å². The van der Waals surface area contributed by atoms with Gasteiger partial charge in [-0.3, -0.25) is 4.79 Å². The normalized spacial score (nSPS) is 21.2. The van der Waals surface area contributed by atoms with Crippen LogP contribution in [0.2, 0.25) is 0 Å². The number of ketones is 1. The molecule has 0 spiro atoms. The molecule has 1 heterocycles. The molecule has 0 aromatic rings. The van der Waals surface area contributed by atoms with Crippen molar-refractivity contribution in [3.63, 3.8) is 0 Å². The lowest BCUT2D eigenvalue weighted by molar-refractivity contribution is -0.118. The van der Waals surface area contributed by atoms with E-state index in [2.05, 4.69) is 0 Å². The number of amides is 1. The third-order valence-corrected chi connectivity index (χ3v) is 3.66. The second kappa shape index (κ2) is 5.76. The summed E-state index contributed by atoms with van der Waals surface area (Å²) in [7, 11) is 0. The van der Waals surface area contributed by atoms with Crippen LogP contribution in [0.25, 0.3) is 0 Å². The minimum absolute atomic E-state index is 0.0822. The molecular formula is C12H21NO3S. The number of carbonyl (C=O) groups is 2. The highest BCUT2D eigenvalue weighted by Crippen LogP contribution is 2.22. The summed E-state index contributed by atoms with van der Waals surface area (Å²) in [5.74, 6) is 1.01. The molecule has 0 bridgehead atoms. The van der Waals surface area contributed by atoms with Crippen LogP contribution in [0.1, 0.15) is 34.1 Å². The van der Waals surface area contributed by atoms with Crippen LogP contribution in [-0.2, 0) is 9.53 Å². The number of carbonyl (C=O) groups excluding carboxylic acids is 2. The Labute approximate surface area is 107 Å². The van der Waals surface area contributed by atoms with Crippen molar-refractivity contribution in [1.82, 2.24) is 4.90 Å². The van der Waals surface area contributed by atoms with E-state index in [0.29, 0.717) is 19.5 Å². The van der Waals surface area contributed by atoms with Gasteiger partial charge >= 0.3 is 6.09 Å². The highest BCUT2D eigenvalue weighted by molar-refractivity contribution is 8.00. The van der Waals surface area contributed by atoms with E-state index in [-0.39, 0.29) is 17.1 Å². The van der Waals surface area contributed by atoms with Crippen LogP contribution < -0.4 is 0 Å². The first-order valence-corrected chi connectivity index (χ1v) is 7.00. The largest absolute Gasteiger partial charge is 0.444 e. The molecule has 0 radical (unpaired) electrons. The summed E-state index contributed by atoms with van der Waals surface area (Å²) in [6.45, 7) is 8.53. The molecule has 1 fully saturated rings. The predicted octanol–water partition coefficient (Wildman–Crippen LogP) is 2.32. The monoisotopic (exact) mass is 259 g/mol. The quantitative estimate of drug-likeness (QED) is 0.763. The molecule has 17 heavy (non-hydrogen) atoms. The Balaban J connectivity index is 2.55. The molecule has 1 amide bonds. The Morgan fingerprint density at radius 2 is 2.06 bits per heavy atom. The molecule has 1 rings (SSSR count). The van der Waals surface area contributed by atoms with Crippen molar-refractivity contribution < 1.29 is 14.3 Å². The molecule has 1 atom stereocenters. The Bertz CT molecular complexity index is 299. The maximum Gasteiger partial charge on any atom is 0.410 e.